The predicted molar refractivity (Wildman–Crippen MR) is 132 cm³/mol. The van der Waals surface area contributed by atoms with E-state index >= 15 is 0 Å². The van der Waals surface area contributed by atoms with Crippen molar-refractivity contribution in [3.05, 3.63) is 70.3 Å². The maximum Gasteiger partial charge on any atom is 0.375 e. The van der Waals surface area contributed by atoms with Crippen LogP contribution in [0.3, 0.4) is 0 Å². The Kier molecular flexibility index (Phi) is 9.76. The SMILES string of the molecule is O=C(O)CC(CS[C@H]1NC(=O)[C@H]1NC(=O)COc1ccccc1)C(=O)C(=O)OCc1ccc([N+](=O)[O-])cc1. The molecule has 2 amide bonds. The van der Waals surface area contributed by atoms with E-state index < -0.39 is 58.2 Å². The molecule has 3 N–H and O–H groups in total. The van der Waals surface area contributed by atoms with Gasteiger partial charge >= 0.3 is 11.9 Å². The van der Waals surface area contributed by atoms with Crippen LogP contribution < -0.4 is 15.4 Å². The zero-order chi connectivity index (χ0) is 27.7. The van der Waals surface area contributed by atoms with E-state index in [-0.39, 0.29) is 24.7 Å². The smallest absolute Gasteiger partial charge is 0.375 e. The number of esters is 1. The fourth-order valence-corrected chi connectivity index (χ4v) is 4.57. The number of carboxylic acid groups (broad SMARTS) is 1. The highest BCUT2D eigenvalue weighted by Crippen LogP contribution is 2.25. The molecule has 14 heteroatoms. The molecular weight excluding hydrogens is 522 g/mol. The number of ketones is 1. The van der Waals surface area contributed by atoms with Crippen molar-refractivity contribution < 1.29 is 43.5 Å². The minimum atomic E-state index is -1.31. The van der Waals surface area contributed by atoms with Crippen LogP contribution in [0.1, 0.15) is 12.0 Å². The van der Waals surface area contributed by atoms with E-state index in [1.54, 1.807) is 30.3 Å². The summed E-state index contributed by atoms with van der Waals surface area (Å²) >= 11 is 1.00. The van der Waals surface area contributed by atoms with Crippen molar-refractivity contribution in [2.45, 2.75) is 24.4 Å². The summed E-state index contributed by atoms with van der Waals surface area (Å²) in [7, 11) is 0. The number of para-hydroxylation sites is 1. The van der Waals surface area contributed by atoms with Crippen molar-refractivity contribution in [2.75, 3.05) is 12.4 Å². The number of Topliss-reactive ketones (excluding diaryl/α,β-unsaturated/α-hetero) is 1. The van der Waals surface area contributed by atoms with Crippen molar-refractivity contribution in [2.24, 2.45) is 5.92 Å². The van der Waals surface area contributed by atoms with Crippen molar-refractivity contribution in [1.82, 2.24) is 10.6 Å². The molecule has 0 radical (unpaired) electrons. The third-order valence-corrected chi connectivity index (χ3v) is 6.63. The van der Waals surface area contributed by atoms with Crippen LogP contribution in [-0.4, -0.2) is 63.3 Å². The summed E-state index contributed by atoms with van der Waals surface area (Å²) in [4.78, 5) is 70.4. The number of rotatable bonds is 14. The van der Waals surface area contributed by atoms with Gasteiger partial charge in [-0.05, 0) is 29.8 Å². The highest BCUT2D eigenvalue weighted by atomic mass is 32.2. The Balaban J connectivity index is 1.50. The lowest BCUT2D eigenvalue weighted by Crippen LogP contribution is -2.68. The first-order chi connectivity index (χ1) is 18.1. The van der Waals surface area contributed by atoms with Gasteiger partial charge in [-0.3, -0.25) is 29.3 Å². The number of carboxylic acids is 1. The lowest BCUT2D eigenvalue weighted by Gasteiger charge is -2.37. The number of benzene rings is 2. The summed E-state index contributed by atoms with van der Waals surface area (Å²) in [6, 6.07) is 12.8. The Labute approximate surface area is 220 Å². The molecule has 0 aromatic heterocycles. The molecule has 0 saturated carbocycles. The molecule has 1 fully saturated rings. The number of hydrogen-bond donors (Lipinski definition) is 3. The first-order valence-corrected chi connectivity index (χ1v) is 12.2. The molecule has 1 heterocycles. The Hall–Kier alpha value is -4.46. The van der Waals surface area contributed by atoms with Crippen LogP contribution in [0, 0.1) is 16.0 Å². The topological polar surface area (TPSA) is 191 Å². The minimum absolute atomic E-state index is 0.143. The Morgan fingerprint density at radius 1 is 1.11 bits per heavy atom. The number of thioether (sulfide) groups is 1. The Morgan fingerprint density at radius 2 is 1.79 bits per heavy atom. The van der Waals surface area contributed by atoms with Gasteiger partial charge in [-0.25, -0.2) is 4.79 Å². The lowest BCUT2D eigenvalue weighted by molar-refractivity contribution is -0.384. The molecule has 1 aliphatic heterocycles. The number of amides is 2. The fraction of sp³-hybridized carbons (Fsp3) is 0.292. The van der Waals surface area contributed by atoms with E-state index in [0.29, 0.717) is 11.3 Å². The zero-order valence-corrected chi connectivity index (χ0v) is 20.6. The quantitative estimate of drug-likeness (QED) is 0.101. The van der Waals surface area contributed by atoms with E-state index in [1.807, 2.05) is 0 Å². The molecule has 3 atom stereocenters. The Bertz CT molecular complexity index is 1210. The van der Waals surface area contributed by atoms with Crippen LogP contribution in [0.4, 0.5) is 5.69 Å². The lowest BCUT2D eigenvalue weighted by atomic mass is 10.0. The molecule has 38 heavy (non-hydrogen) atoms. The van der Waals surface area contributed by atoms with Gasteiger partial charge in [-0.1, -0.05) is 18.2 Å². The highest BCUT2D eigenvalue weighted by Gasteiger charge is 2.42. The number of carbonyl (C=O) groups excluding carboxylic acids is 4. The maximum atomic E-state index is 12.6. The third-order valence-electron chi connectivity index (χ3n) is 5.29. The zero-order valence-electron chi connectivity index (χ0n) is 19.7. The molecule has 0 aliphatic carbocycles. The normalized spacial score (nSPS) is 16.8. The van der Waals surface area contributed by atoms with E-state index in [9.17, 15) is 39.2 Å². The second-order valence-corrected chi connectivity index (χ2v) is 9.24. The highest BCUT2D eigenvalue weighted by molar-refractivity contribution is 8.00. The number of nitrogens with zero attached hydrogens (tertiary/aromatic N) is 1. The van der Waals surface area contributed by atoms with Crippen molar-refractivity contribution in [1.29, 1.82) is 0 Å². The van der Waals surface area contributed by atoms with E-state index in [4.69, 9.17) is 9.47 Å². The number of aliphatic carboxylic acids is 1. The van der Waals surface area contributed by atoms with Crippen molar-refractivity contribution >= 4 is 47.0 Å². The number of nitro groups is 1. The summed E-state index contributed by atoms with van der Waals surface area (Å²) in [6.45, 7) is -0.667. The van der Waals surface area contributed by atoms with E-state index in [1.165, 1.54) is 24.3 Å². The molecule has 3 rings (SSSR count). The summed E-state index contributed by atoms with van der Waals surface area (Å²) in [6.07, 6.45) is -0.652. The van der Waals surface area contributed by atoms with Crippen LogP contribution >= 0.6 is 11.8 Å². The molecule has 1 saturated heterocycles. The molecule has 2 aromatic carbocycles. The first kappa shape index (κ1) is 28.1. The molecule has 0 spiro atoms. The molecule has 0 bridgehead atoms. The molecule has 2 aromatic rings. The fourth-order valence-electron chi connectivity index (χ4n) is 3.27. The van der Waals surface area contributed by atoms with Gasteiger partial charge in [0.25, 0.3) is 11.6 Å². The van der Waals surface area contributed by atoms with Crippen LogP contribution in [0.15, 0.2) is 54.6 Å². The third kappa shape index (κ3) is 8.03. The number of nitrogens with one attached hydrogen (secondary N) is 2. The second kappa shape index (κ2) is 13.2. The number of carbonyl (C=O) groups is 5. The van der Waals surface area contributed by atoms with Gasteiger partial charge < -0.3 is 25.2 Å². The number of nitro benzene ring substituents is 1. The number of non-ortho nitro benzene ring substituents is 1. The van der Waals surface area contributed by atoms with Crippen molar-refractivity contribution in [3.8, 4) is 5.75 Å². The average Bonchev–Trinajstić information content (AvgIpc) is 2.90. The second-order valence-electron chi connectivity index (χ2n) is 8.07. The standard InChI is InChI=1S/C24H23N3O10S/c28-18(12-36-17-4-2-1-3-5-17)25-20-22(32)26-23(20)38-13-15(10-19(29)30)21(31)24(33)37-11-14-6-8-16(9-7-14)27(34)35/h1-9,15,20,23H,10-13H2,(H,25,28)(H,26,32)(H,29,30)/t15?,20-,23-/m1/s1. The van der Waals surface area contributed by atoms with Gasteiger partial charge in [0.05, 0.1) is 11.3 Å². The summed E-state index contributed by atoms with van der Waals surface area (Å²) in [5.74, 6) is -5.56. The molecular formula is C24H23N3O10S. The monoisotopic (exact) mass is 545 g/mol. The first-order valence-electron chi connectivity index (χ1n) is 11.2. The van der Waals surface area contributed by atoms with Gasteiger partial charge in [0.1, 0.15) is 23.8 Å². The summed E-state index contributed by atoms with van der Waals surface area (Å²) in [5.41, 5.74) is 0.240. The molecule has 1 aliphatic rings. The average molecular weight is 546 g/mol. The van der Waals surface area contributed by atoms with Crippen molar-refractivity contribution in [3.63, 3.8) is 0 Å². The van der Waals surface area contributed by atoms with Gasteiger partial charge in [-0.15, -0.1) is 11.8 Å². The number of β-lactam (4-membered cyclic amide) rings is 1. The minimum Gasteiger partial charge on any atom is -0.484 e. The van der Waals surface area contributed by atoms with Crippen LogP contribution in [-0.2, 0) is 35.3 Å². The van der Waals surface area contributed by atoms with E-state index in [2.05, 4.69) is 10.6 Å². The maximum absolute atomic E-state index is 12.6. The van der Waals surface area contributed by atoms with Gasteiger partial charge in [0.2, 0.25) is 11.7 Å². The Morgan fingerprint density at radius 3 is 2.39 bits per heavy atom. The molecule has 1 unspecified atom stereocenters. The van der Waals surface area contributed by atoms with Crippen LogP contribution in [0.5, 0.6) is 5.75 Å². The predicted octanol–water partition coefficient (Wildman–Crippen LogP) is 1.05. The largest absolute Gasteiger partial charge is 0.484 e. The molecule has 13 nitrogen and oxygen atoms in total. The van der Waals surface area contributed by atoms with Gasteiger partial charge in [0, 0.05) is 23.8 Å². The van der Waals surface area contributed by atoms with Gasteiger partial charge in [-0.2, -0.15) is 0 Å². The number of hydrogen-bond acceptors (Lipinski definition) is 10. The summed E-state index contributed by atoms with van der Waals surface area (Å²) in [5, 5.41) is 24.3. The van der Waals surface area contributed by atoms with Gasteiger partial charge in [0.15, 0.2) is 6.61 Å². The summed E-state index contributed by atoms with van der Waals surface area (Å²) < 4.78 is 10.3. The number of ether oxygens (including phenoxy) is 2. The molecule has 200 valence electrons. The van der Waals surface area contributed by atoms with Crippen LogP contribution in [0.25, 0.3) is 0 Å². The van der Waals surface area contributed by atoms with E-state index in [0.717, 1.165) is 11.8 Å². The van der Waals surface area contributed by atoms with Crippen LogP contribution in [0.2, 0.25) is 0 Å².